The van der Waals surface area contributed by atoms with Crippen molar-refractivity contribution in [1.29, 1.82) is 0 Å². The molecule has 0 aliphatic heterocycles. The summed E-state index contributed by atoms with van der Waals surface area (Å²) < 4.78 is 6.50. The first-order valence-electron chi connectivity index (χ1n) is 7.24. The van der Waals surface area contributed by atoms with E-state index in [0.29, 0.717) is 23.6 Å². The van der Waals surface area contributed by atoms with Crippen molar-refractivity contribution in [2.75, 3.05) is 12.8 Å². The van der Waals surface area contributed by atoms with Crippen molar-refractivity contribution in [3.8, 4) is 11.3 Å². The van der Waals surface area contributed by atoms with Gasteiger partial charge in [0.1, 0.15) is 17.1 Å². The van der Waals surface area contributed by atoms with Crippen molar-refractivity contribution in [3.05, 3.63) is 71.8 Å². The third-order valence-electron chi connectivity index (χ3n) is 3.60. The second kappa shape index (κ2) is 6.36. The van der Waals surface area contributed by atoms with Crippen LogP contribution in [0.25, 0.3) is 11.3 Å². The first kappa shape index (κ1) is 14.8. The molecule has 23 heavy (non-hydrogen) atoms. The van der Waals surface area contributed by atoms with Gasteiger partial charge in [-0.2, -0.15) is 5.10 Å². The molecule has 3 aromatic rings. The van der Waals surface area contributed by atoms with Crippen molar-refractivity contribution in [3.63, 3.8) is 0 Å². The van der Waals surface area contributed by atoms with Gasteiger partial charge in [-0.15, -0.1) is 0 Å². The smallest absolute Gasteiger partial charge is 0.343 e. The summed E-state index contributed by atoms with van der Waals surface area (Å²) in [5.74, 6) is -0.180. The number of carbonyl (C=O) groups is 1. The molecule has 0 bridgehead atoms. The van der Waals surface area contributed by atoms with Gasteiger partial charge in [-0.1, -0.05) is 60.7 Å². The molecule has 0 spiro atoms. The highest BCUT2D eigenvalue weighted by Gasteiger charge is 2.23. The molecule has 3 rings (SSSR count). The van der Waals surface area contributed by atoms with E-state index in [9.17, 15) is 4.79 Å². The third kappa shape index (κ3) is 2.94. The molecule has 0 saturated heterocycles. The summed E-state index contributed by atoms with van der Waals surface area (Å²) in [6.07, 6.45) is 0. The average molecular weight is 307 g/mol. The van der Waals surface area contributed by atoms with Gasteiger partial charge < -0.3 is 10.5 Å². The van der Waals surface area contributed by atoms with Crippen LogP contribution in [0.1, 0.15) is 15.9 Å². The third-order valence-corrected chi connectivity index (χ3v) is 3.60. The number of methoxy groups -OCH3 is 1. The van der Waals surface area contributed by atoms with Crippen LogP contribution >= 0.6 is 0 Å². The summed E-state index contributed by atoms with van der Waals surface area (Å²) in [5.41, 5.74) is 8.88. The minimum absolute atomic E-state index is 0.301. The molecule has 0 amide bonds. The monoisotopic (exact) mass is 307 g/mol. The van der Waals surface area contributed by atoms with Gasteiger partial charge in [0, 0.05) is 5.56 Å². The fraction of sp³-hybridized carbons (Fsp3) is 0.111. The van der Waals surface area contributed by atoms with E-state index in [1.54, 1.807) is 4.68 Å². The number of ether oxygens (including phenoxy) is 1. The van der Waals surface area contributed by atoms with Gasteiger partial charge in [-0.25, -0.2) is 9.48 Å². The number of nitrogens with two attached hydrogens (primary N) is 1. The Balaban J connectivity index is 2.09. The largest absolute Gasteiger partial charge is 0.465 e. The fourth-order valence-corrected chi connectivity index (χ4v) is 2.45. The van der Waals surface area contributed by atoms with E-state index >= 15 is 0 Å². The van der Waals surface area contributed by atoms with Gasteiger partial charge in [0.15, 0.2) is 0 Å². The van der Waals surface area contributed by atoms with Gasteiger partial charge in [-0.05, 0) is 5.56 Å². The first-order chi connectivity index (χ1) is 11.2. The van der Waals surface area contributed by atoms with Crippen LogP contribution in [-0.2, 0) is 11.3 Å². The molecule has 0 aliphatic rings. The molecule has 1 heterocycles. The van der Waals surface area contributed by atoms with Crippen molar-refractivity contribution >= 4 is 11.8 Å². The number of rotatable bonds is 4. The molecule has 0 radical (unpaired) electrons. The van der Waals surface area contributed by atoms with Gasteiger partial charge in [0.25, 0.3) is 0 Å². The highest BCUT2D eigenvalue weighted by atomic mass is 16.5. The van der Waals surface area contributed by atoms with Crippen molar-refractivity contribution < 1.29 is 9.53 Å². The number of anilines is 1. The molecule has 2 aromatic carbocycles. The number of carbonyl (C=O) groups excluding carboxylic acids is 1. The average Bonchev–Trinajstić information content (AvgIpc) is 2.92. The van der Waals surface area contributed by atoms with Crippen LogP contribution in [0.3, 0.4) is 0 Å². The Morgan fingerprint density at radius 3 is 2.30 bits per heavy atom. The predicted molar refractivity (Wildman–Crippen MR) is 89.0 cm³/mol. The highest BCUT2D eigenvalue weighted by molar-refractivity contribution is 6.00. The predicted octanol–water partition coefficient (Wildman–Crippen LogP) is 2.97. The van der Waals surface area contributed by atoms with E-state index in [2.05, 4.69) is 5.10 Å². The summed E-state index contributed by atoms with van der Waals surface area (Å²) in [7, 11) is 1.34. The minimum atomic E-state index is -0.485. The van der Waals surface area contributed by atoms with Gasteiger partial charge in [0.2, 0.25) is 0 Å². The second-order valence-corrected chi connectivity index (χ2v) is 5.11. The zero-order valence-corrected chi connectivity index (χ0v) is 12.8. The Bertz CT molecular complexity index is 811. The van der Waals surface area contributed by atoms with Crippen LogP contribution in [0.4, 0.5) is 5.82 Å². The number of hydrogen-bond donors (Lipinski definition) is 1. The number of nitrogens with zero attached hydrogens (tertiary/aromatic N) is 2. The normalized spacial score (nSPS) is 10.5. The molecule has 116 valence electrons. The van der Waals surface area contributed by atoms with Crippen molar-refractivity contribution in [1.82, 2.24) is 9.78 Å². The van der Waals surface area contributed by atoms with Crippen LogP contribution < -0.4 is 5.73 Å². The number of benzene rings is 2. The maximum absolute atomic E-state index is 12.1. The van der Waals surface area contributed by atoms with Crippen LogP contribution in [0.15, 0.2) is 60.7 Å². The molecule has 5 heteroatoms. The lowest BCUT2D eigenvalue weighted by Gasteiger charge is -2.04. The Kier molecular flexibility index (Phi) is 4.10. The lowest BCUT2D eigenvalue weighted by Crippen LogP contribution is -2.09. The molecule has 1 aromatic heterocycles. The summed E-state index contributed by atoms with van der Waals surface area (Å²) >= 11 is 0. The lowest BCUT2D eigenvalue weighted by molar-refractivity contribution is 0.0602. The molecule has 0 fully saturated rings. The second-order valence-electron chi connectivity index (χ2n) is 5.11. The number of esters is 1. The van der Waals surface area contributed by atoms with Crippen molar-refractivity contribution in [2.45, 2.75) is 6.54 Å². The molecular formula is C18H17N3O2. The Morgan fingerprint density at radius 1 is 1.09 bits per heavy atom. The van der Waals surface area contributed by atoms with Gasteiger partial charge in [0.05, 0.1) is 13.7 Å². The fourth-order valence-electron chi connectivity index (χ4n) is 2.45. The van der Waals surface area contributed by atoms with Crippen LogP contribution in [-0.4, -0.2) is 22.9 Å². The maximum Gasteiger partial charge on any atom is 0.343 e. The standard InChI is InChI=1S/C18H17N3O2/c1-23-18(22)15-16(14-10-6-3-7-11-14)20-21(17(15)19)12-13-8-4-2-5-9-13/h2-11H,12,19H2,1H3. The van der Waals surface area contributed by atoms with Gasteiger partial charge >= 0.3 is 5.97 Å². The highest BCUT2D eigenvalue weighted by Crippen LogP contribution is 2.28. The van der Waals surface area contributed by atoms with E-state index in [-0.39, 0.29) is 0 Å². The zero-order valence-electron chi connectivity index (χ0n) is 12.8. The van der Waals surface area contributed by atoms with Crippen LogP contribution in [0.2, 0.25) is 0 Å². The van der Waals surface area contributed by atoms with E-state index in [1.807, 2.05) is 60.7 Å². The van der Waals surface area contributed by atoms with E-state index in [0.717, 1.165) is 11.1 Å². The first-order valence-corrected chi connectivity index (χ1v) is 7.24. The molecule has 0 aliphatic carbocycles. The molecule has 5 nitrogen and oxygen atoms in total. The SMILES string of the molecule is COC(=O)c1c(-c2ccccc2)nn(Cc2ccccc2)c1N. The molecule has 0 unspecified atom stereocenters. The Morgan fingerprint density at radius 2 is 1.70 bits per heavy atom. The topological polar surface area (TPSA) is 70.1 Å². The number of nitrogen functional groups attached to an aromatic ring is 1. The zero-order chi connectivity index (χ0) is 16.2. The van der Waals surface area contributed by atoms with E-state index in [1.165, 1.54) is 7.11 Å². The quantitative estimate of drug-likeness (QED) is 0.752. The lowest BCUT2D eigenvalue weighted by atomic mass is 10.1. The Labute approximate surface area is 134 Å². The molecule has 0 saturated carbocycles. The molecule has 2 N–H and O–H groups in total. The summed E-state index contributed by atoms with van der Waals surface area (Å²) in [4.78, 5) is 12.1. The molecular weight excluding hydrogens is 290 g/mol. The van der Waals surface area contributed by atoms with Crippen molar-refractivity contribution in [2.24, 2.45) is 0 Å². The maximum atomic E-state index is 12.1. The van der Waals surface area contributed by atoms with E-state index < -0.39 is 5.97 Å². The summed E-state index contributed by atoms with van der Waals surface area (Å²) in [6.45, 7) is 0.490. The summed E-state index contributed by atoms with van der Waals surface area (Å²) in [5, 5.41) is 4.54. The number of aromatic nitrogens is 2. The van der Waals surface area contributed by atoms with Gasteiger partial charge in [-0.3, -0.25) is 0 Å². The van der Waals surface area contributed by atoms with Crippen LogP contribution in [0.5, 0.6) is 0 Å². The van der Waals surface area contributed by atoms with E-state index in [4.69, 9.17) is 10.5 Å². The van der Waals surface area contributed by atoms with Crippen LogP contribution in [0, 0.1) is 0 Å². The molecule has 0 atom stereocenters. The number of hydrogen-bond acceptors (Lipinski definition) is 4. The minimum Gasteiger partial charge on any atom is -0.465 e. The Hall–Kier alpha value is -3.08. The summed E-state index contributed by atoms with van der Waals surface area (Å²) in [6, 6.07) is 19.3.